The number of hydrogen-bond donors (Lipinski definition) is 1. The van der Waals surface area contributed by atoms with Gasteiger partial charge < -0.3 is 5.32 Å². The van der Waals surface area contributed by atoms with Crippen molar-refractivity contribution >= 4 is 45.0 Å². The van der Waals surface area contributed by atoms with Gasteiger partial charge in [0.1, 0.15) is 5.15 Å². The van der Waals surface area contributed by atoms with E-state index in [9.17, 15) is 4.79 Å². The zero-order chi connectivity index (χ0) is 11.4. The van der Waals surface area contributed by atoms with Crippen molar-refractivity contribution < 1.29 is 4.79 Å². The maximum absolute atomic E-state index is 11.5. The van der Waals surface area contributed by atoms with E-state index in [1.165, 1.54) is 12.3 Å². The molecule has 0 spiro atoms. The van der Waals surface area contributed by atoms with Gasteiger partial charge in [0.05, 0.1) is 10.6 Å². The van der Waals surface area contributed by atoms with Crippen molar-refractivity contribution in [3.8, 4) is 0 Å². The Labute approximate surface area is 106 Å². The van der Waals surface area contributed by atoms with Crippen molar-refractivity contribution in [1.29, 1.82) is 0 Å². The molecule has 0 aliphatic rings. The molecule has 3 nitrogen and oxygen atoms in total. The molecule has 6 heteroatoms. The first-order valence-electron chi connectivity index (χ1n) is 3.93. The van der Waals surface area contributed by atoms with Gasteiger partial charge in [0, 0.05) is 17.2 Å². The number of nitrogens with zero attached hydrogens (tertiary/aromatic N) is 1. The first kappa shape index (κ1) is 12.5. The Morgan fingerprint density at radius 1 is 1.60 bits per heavy atom. The number of aromatic nitrogens is 1. The molecule has 0 atom stereocenters. The fraction of sp³-hybridized carbons (Fsp3) is 0.111. The fourth-order valence-corrected chi connectivity index (χ4v) is 1.23. The molecule has 0 fully saturated rings. The van der Waals surface area contributed by atoms with Crippen LogP contribution in [0.3, 0.4) is 0 Å². The molecular formula is C9H7BrCl2N2O. The maximum Gasteiger partial charge on any atom is 0.253 e. The zero-order valence-electron chi connectivity index (χ0n) is 7.56. The third-order valence-electron chi connectivity index (χ3n) is 1.50. The number of pyridine rings is 1. The van der Waals surface area contributed by atoms with Crippen LogP contribution in [0.4, 0.5) is 0 Å². The molecular weight excluding hydrogens is 303 g/mol. The molecule has 1 N–H and O–H groups in total. The molecule has 15 heavy (non-hydrogen) atoms. The van der Waals surface area contributed by atoms with Gasteiger partial charge in [-0.15, -0.1) is 0 Å². The third-order valence-corrected chi connectivity index (χ3v) is 2.47. The Balaban J connectivity index is 2.74. The van der Waals surface area contributed by atoms with E-state index in [1.54, 1.807) is 0 Å². The summed E-state index contributed by atoms with van der Waals surface area (Å²) in [5, 5.41) is 3.05. The third kappa shape index (κ3) is 3.81. The normalized spacial score (nSPS) is 9.80. The van der Waals surface area contributed by atoms with Crippen molar-refractivity contribution in [3.63, 3.8) is 0 Å². The van der Waals surface area contributed by atoms with Crippen LogP contribution in [0.15, 0.2) is 23.3 Å². The molecule has 0 saturated heterocycles. The lowest BCUT2D eigenvalue weighted by Gasteiger charge is -2.04. The van der Waals surface area contributed by atoms with E-state index in [-0.39, 0.29) is 16.1 Å². The summed E-state index contributed by atoms with van der Waals surface area (Å²) in [7, 11) is 0. The predicted molar refractivity (Wildman–Crippen MR) is 64.7 cm³/mol. The summed E-state index contributed by atoms with van der Waals surface area (Å²) in [6.07, 6.45) is 1.36. The van der Waals surface area contributed by atoms with Gasteiger partial charge in [0.2, 0.25) is 0 Å². The van der Waals surface area contributed by atoms with E-state index in [0.29, 0.717) is 16.6 Å². The maximum atomic E-state index is 11.5. The Kier molecular flexibility index (Phi) is 4.57. The van der Waals surface area contributed by atoms with Gasteiger partial charge in [0.15, 0.2) is 0 Å². The minimum atomic E-state index is -0.276. The highest BCUT2D eigenvalue weighted by molar-refractivity contribution is 9.11. The van der Waals surface area contributed by atoms with Gasteiger partial charge in [-0.3, -0.25) is 4.79 Å². The number of halogens is 3. The standard InChI is InChI=1S/C9H7BrCl2N2O/c1-5(10)3-14-9(15)6-2-7(11)8(12)13-4-6/h2,4H,1,3H2,(H,14,15). The van der Waals surface area contributed by atoms with Crippen LogP contribution in [0.2, 0.25) is 10.2 Å². The highest BCUT2D eigenvalue weighted by Gasteiger charge is 2.08. The van der Waals surface area contributed by atoms with Crippen LogP contribution in [0, 0.1) is 0 Å². The molecule has 0 saturated carbocycles. The number of amides is 1. The first-order valence-corrected chi connectivity index (χ1v) is 5.48. The van der Waals surface area contributed by atoms with E-state index in [1.807, 2.05) is 0 Å². The Hall–Kier alpha value is -0.580. The van der Waals surface area contributed by atoms with E-state index in [4.69, 9.17) is 23.2 Å². The lowest BCUT2D eigenvalue weighted by Crippen LogP contribution is -2.24. The minimum absolute atomic E-state index is 0.179. The molecule has 1 amide bonds. The molecule has 0 aromatic carbocycles. The number of rotatable bonds is 3. The van der Waals surface area contributed by atoms with Crippen molar-refractivity contribution in [3.05, 3.63) is 39.1 Å². The van der Waals surface area contributed by atoms with Crippen LogP contribution in [0.1, 0.15) is 10.4 Å². The zero-order valence-corrected chi connectivity index (χ0v) is 10.7. The number of hydrogen-bond acceptors (Lipinski definition) is 2. The van der Waals surface area contributed by atoms with Crippen molar-refractivity contribution in [2.45, 2.75) is 0 Å². The van der Waals surface area contributed by atoms with Crippen molar-refractivity contribution in [2.75, 3.05) is 6.54 Å². The summed E-state index contributed by atoms with van der Waals surface area (Å²) in [6, 6.07) is 1.46. The Morgan fingerprint density at radius 3 is 2.80 bits per heavy atom. The first-order chi connectivity index (χ1) is 7.00. The van der Waals surface area contributed by atoms with Gasteiger partial charge in [-0.1, -0.05) is 45.7 Å². The average molecular weight is 310 g/mol. The Bertz CT molecular complexity index is 409. The summed E-state index contributed by atoms with van der Waals surface area (Å²) < 4.78 is 0.684. The van der Waals surface area contributed by atoms with Gasteiger partial charge in [-0.25, -0.2) is 4.98 Å². The van der Waals surface area contributed by atoms with Crippen molar-refractivity contribution in [1.82, 2.24) is 10.3 Å². The van der Waals surface area contributed by atoms with E-state index >= 15 is 0 Å². The highest BCUT2D eigenvalue weighted by Crippen LogP contribution is 2.19. The summed E-state index contributed by atoms with van der Waals surface area (Å²) in [5.74, 6) is -0.276. The summed E-state index contributed by atoms with van der Waals surface area (Å²) in [6.45, 7) is 3.94. The second kappa shape index (κ2) is 5.49. The number of carbonyl (C=O) groups excluding carboxylic acids is 1. The fourth-order valence-electron chi connectivity index (χ4n) is 0.824. The molecule has 0 unspecified atom stereocenters. The molecule has 1 aromatic rings. The van der Waals surface area contributed by atoms with Gasteiger partial charge >= 0.3 is 0 Å². The second-order valence-corrected chi connectivity index (χ2v) is 4.58. The van der Waals surface area contributed by atoms with Gasteiger partial charge in [-0.05, 0) is 6.07 Å². The average Bonchev–Trinajstić information content (AvgIpc) is 2.18. The van der Waals surface area contributed by atoms with Crippen LogP contribution in [0.5, 0.6) is 0 Å². The van der Waals surface area contributed by atoms with Crippen molar-refractivity contribution in [2.24, 2.45) is 0 Å². The number of nitrogens with one attached hydrogen (secondary N) is 1. The summed E-state index contributed by atoms with van der Waals surface area (Å²) >= 11 is 14.5. The Morgan fingerprint density at radius 2 is 2.27 bits per heavy atom. The van der Waals surface area contributed by atoms with Crippen LogP contribution < -0.4 is 5.32 Å². The quantitative estimate of drug-likeness (QED) is 0.872. The molecule has 0 aliphatic heterocycles. The largest absolute Gasteiger partial charge is 0.347 e. The van der Waals surface area contributed by atoms with Crippen LogP contribution in [-0.4, -0.2) is 17.4 Å². The molecule has 1 rings (SSSR count). The lowest BCUT2D eigenvalue weighted by molar-refractivity contribution is 0.0957. The SMILES string of the molecule is C=C(Br)CNC(=O)c1cnc(Cl)c(Cl)c1. The molecule has 1 heterocycles. The van der Waals surface area contributed by atoms with E-state index in [0.717, 1.165) is 0 Å². The smallest absolute Gasteiger partial charge is 0.253 e. The monoisotopic (exact) mass is 308 g/mol. The van der Waals surface area contributed by atoms with Gasteiger partial charge in [-0.2, -0.15) is 0 Å². The lowest BCUT2D eigenvalue weighted by atomic mass is 10.3. The molecule has 80 valence electrons. The van der Waals surface area contributed by atoms with E-state index < -0.39 is 0 Å². The van der Waals surface area contributed by atoms with Crippen LogP contribution >= 0.6 is 39.1 Å². The van der Waals surface area contributed by atoms with Crippen LogP contribution in [0.25, 0.3) is 0 Å². The molecule has 0 radical (unpaired) electrons. The topological polar surface area (TPSA) is 42.0 Å². The molecule has 0 aliphatic carbocycles. The minimum Gasteiger partial charge on any atom is -0.347 e. The van der Waals surface area contributed by atoms with Gasteiger partial charge in [0.25, 0.3) is 5.91 Å². The number of carbonyl (C=O) groups is 1. The molecule has 1 aromatic heterocycles. The van der Waals surface area contributed by atoms with Crippen LogP contribution in [-0.2, 0) is 0 Å². The summed E-state index contributed by atoms with van der Waals surface area (Å²) in [4.78, 5) is 15.3. The second-order valence-electron chi connectivity index (χ2n) is 2.70. The van der Waals surface area contributed by atoms with E-state index in [2.05, 4.69) is 32.8 Å². The predicted octanol–water partition coefficient (Wildman–Crippen LogP) is 3.03. The summed E-state index contributed by atoms with van der Waals surface area (Å²) in [5.41, 5.74) is 0.359. The molecule has 0 bridgehead atoms. The highest BCUT2D eigenvalue weighted by atomic mass is 79.9.